The van der Waals surface area contributed by atoms with Gasteiger partial charge in [-0.3, -0.25) is 9.78 Å². The third-order valence-corrected chi connectivity index (χ3v) is 3.44. The fourth-order valence-corrected chi connectivity index (χ4v) is 2.45. The van der Waals surface area contributed by atoms with E-state index >= 15 is 0 Å². The molecule has 1 saturated carbocycles. The van der Waals surface area contributed by atoms with Gasteiger partial charge in [0.15, 0.2) is 0 Å². The molecule has 0 radical (unpaired) electrons. The van der Waals surface area contributed by atoms with Crippen LogP contribution in [0.3, 0.4) is 0 Å². The average molecular weight is 241 g/mol. The molecule has 1 heterocycles. The summed E-state index contributed by atoms with van der Waals surface area (Å²) >= 11 is 0. The van der Waals surface area contributed by atoms with Gasteiger partial charge in [0.05, 0.1) is 18.2 Å². The summed E-state index contributed by atoms with van der Waals surface area (Å²) in [6, 6.07) is 10.2. The molecule has 92 valence electrons. The Kier molecular flexibility index (Phi) is 2.74. The smallest absolute Gasteiger partial charge is 0.309 e. The fourth-order valence-electron chi connectivity index (χ4n) is 2.45. The van der Waals surface area contributed by atoms with Crippen LogP contribution < -0.4 is 0 Å². The number of pyridine rings is 1. The van der Waals surface area contributed by atoms with Crippen molar-refractivity contribution in [2.24, 2.45) is 5.92 Å². The summed E-state index contributed by atoms with van der Waals surface area (Å²) in [4.78, 5) is 16.1. The molecule has 3 rings (SSSR count). The monoisotopic (exact) mass is 241 g/mol. The third kappa shape index (κ3) is 1.86. The van der Waals surface area contributed by atoms with Crippen LogP contribution in [0.1, 0.15) is 25.0 Å². The van der Waals surface area contributed by atoms with Crippen molar-refractivity contribution in [1.29, 1.82) is 0 Å². The Morgan fingerprint density at radius 1 is 1.39 bits per heavy atom. The lowest BCUT2D eigenvalue weighted by Crippen LogP contribution is -2.07. The largest absolute Gasteiger partial charge is 0.466 e. The lowest BCUT2D eigenvalue weighted by atomic mass is 10.1. The Morgan fingerprint density at radius 3 is 3.06 bits per heavy atom. The Hall–Kier alpha value is -1.90. The number of hydrogen-bond acceptors (Lipinski definition) is 3. The minimum atomic E-state index is -0.0859. The van der Waals surface area contributed by atoms with Crippen LogP contribution in [0.15, 0.2) is 36.5 Å². The standard InChI is InChI=1S/C15H15NO2/c1-2-18-15(17)13-9-12(13)14-11-6-4-3-5-10(11)7-8-16-14/h3-8,12-13H,2,9H2,1H3/t12-,13-/m0/s1. The first-order chi connectivity index (χ1) is 8.81. The maximum atomic E-state index is 11.7. The summed E-state index contributed by atoms with van der Waals surface area (Å²) in [6.45, 7) is 2.29. The van der Waals surface area contributed by atoms with E-state index in [4.69, 9.17) is 4.74 Å². The first kappa shape index (κ1) is 11.2. The predicted octanol–water partition coefficient (Wildman–Crippen LogP) is 2.90. The molecule has 0 unspecified atom stereocenters. The molecule has 3 nitrogen and oxygen atoms in total. The molecule has 0 aliphatic heterocycles. The molecule has 0 spiro atoms. The van der Waals surface area contributed by atoms with E-state index in [-0.39, 0.29) is 17.8 Å². The topological polar surface area (TPSA) is 39.2 Å². The van der Waals surface area contributed by atoms with E-state index in [2.05, 4.69) is 17.1 Å². The highest BCUT2D eigenvalue weighted by molar-refractivity contribution is 5.87. The maximum absolute atomic E-state index is 11.7. The summed E-state index contributed by atoms with van der Waals surface area (Å²) in [6.07, 6.45) is 2.68. The number of fused-ring (bicyclic) bond motifs is 1. The molecule has 3 heteroatoms. The second-order valence-corrected chi connectivity index (χ2v) is 4.62. The van der Waals surface area contributed by atoms with Crippen molar-refractivity contribution in [2.45, 2.75) is 19.3 Å². The maximum Gasteiger partial charge on any atom is 0.309 e. The van der Waals surface area contributed by atoms with Crippen molar-refractivity contribution < 1.29 is 9.53 Å². The molecule has 1 aliphatic carbocycles. The number of ether oxygens (including phenoxy) is 1. The number of hydrogen-bond donors (Lipinski definition) is 0. The highest BCUT2D eigenvalue weighted by Crippen LogP contribution is 2.49. The first-order valence-corrected chi connectivity index (χ1v) is 6.31. The van der Waals surface area contributed by atoms with E-state index in [9.17, 15) is 4.79 Å². The molecule has 1 aliphatic rings. The quantitative estimate of drug-likeness (QED) is 0.776. The number of esters is 1. The van der Waals surface area contributed by atoms with Gasteiger partial charge in [0, 0.05) is 17.5 Å². The molecule has 2 aromatic rings. The average Bonchev–Trinajstić information content (AvgIpc) is 3.18. The zero-order chi connectivity index (χ0) is 12.5. The minimum absolute atomic E-state index is 0.00301. The molecular formula is C15H15NO2. The Balaban J connectivity index is 1.91. The predicted molar refractivity (Wildman–Crippen MR) is 69.2 cm³/mol. The fraction of sp³-hybridized carbons (Fsp3) is 0.333. The van der Waals surface area contributed by atoms with Crippen LogP contribution in [0.5, 0.6) is 0 Å². The molecule has 0 amide bonds. The van der Waals surface area contributed by atoms with Gasteiger partial charge in [-0.15, -0.1) is 0 Å². The summed E-state index contributed by atoms with van der Waals surface area (Å²) in [7, 11) is 0. The number of nitrogens with zero attached hydrogens (tertiary/aromatic N) is 1. The summed E-state index contributed by atoms with van der Waals surface area (Å²) in [5.41, 5.74) is 1.03. The SMILES string of the molecule is CCOC(=O)[C@H]1C[C@@H]1c1nccc2ccccc12. The van der Waals surface area contributed by atoms with E-state index in [0.29, 0.717) is 6.61 Å². The van der Waals surface area contributed by atoms with Crippen LogP contribution in [0.4, 0.5) is 0 Å². The van der Waals surface area contributed by atoms with Crippen LogP contribution in [0, 0.1) is 5.92 Å². The van der Waals surface area contributed by atoms with Crippen LogP contribution in [-0.4, -0.2) is 17.6 Å². The van der Waals surface area contributed by atoms with Crippen molar-refractivity contribution in [3.8, 4) is 0 Å². The molecule has 1 aromatic carbocycles. The van der Waals surface area contributed by atoms with E-state index in [1.54, 1.807) is 0 Å². The van der Waals surface area contributed by atoms with Gasteiger partial charge in [-0.2, -0.15) is 0 Å². The van der Waals surface area contributed by atoms with Gasteiger partial charge in [0.2, 0.25) is 0 Å². The van der Waals surface area contributed by atoms with Gasteiger partial charge in [0.1, 0.15) is 0 Å². The van der Waals surface area contributed by atoms with E-state index in [0.717, 1.165) is 17.5 Å². The summed E-state index contributed by atoms with van der Waals surface area (Å²) in [5.74, 6) is 0.149. The van der Waals surface area contributed by atoms with Gasteiger partial charge in [-0.1, -0.05) is 24.3 Å². The molecule has 1 aromatic heterocycles. The van der Waals surface area contributed by atoms with E-state index in [1.807, 2.05) is 31.3 Å². The third-order valence-electron chi connectivity index (χ3n) is 3.44. The second-order valence-electron chi connectivity index (χ2n) is 4.62. The van der Waals surface area contributed by atoms with Crippen LogP contribution in [0.25, 0.3) is 10.8 Å². The minimum Gasteiger partial charge on any atom is -0.466 e. The van der Waals surface area contributed by atoms with Crippen LogP contribution in [0.2, 0.25) is 0 Å². The molecule has 18 heavy (non-hydrogen) atoms. The normalized spacial score (nSPS) is 21.8. The Morgan fingerprint density at radius 2 is 2.22 bits per heavy atom. The lowest BCUT2D eigenvalue weighted by Gasteiger charge is -2.05. The van der Waals surface area contributed by atoms with Gasteiger partial charge in [0.25, 0.3) is 0 Å². The molecular weight excluding hydrogens is 226 g/mol. The molecule has 1 fully saturated rings. The van der Waals surface area contributed by atoms with Crippen molar-refractivity contribution in [3.05, 3.63) is 42.2 Å². The van der Waals surface area contributed by atoms with Gasteiger partial charge in [-0.05, 0) is 24.8 Å². The Labute approximate surface area is 106 Å². The zero-order valence-corrected chi connectivity index (χ0v) is 10.3. The van der Waals surface area contributed by atoms with E-state index < -0.39 is 0 Å². The molecule has 0 bridgehead atoms. The summed E-state index contributed by atoms with van der Waals surface area (Å²) < 4.78 is 5.06. The van der Waals surface area contributed by atoms with Crippen LogP contribution >= 0.6 is 0 Å². The number of benzene rings is 1. The lowest BCUT2D eigenvalue weighted by molar-refractivity contribution is -0.144. The van der Waals surface area contributed by atoms with Gasteiger partial charge >= 0.3 is 5.97 Å². The number of rotatable bonds is 3. The van der Waals surface area contributed by atoms with Crippen LogP contribution in [-0.2, 0) is 9.53 Å². The number of carbonyl (C=O) groups is 1. The molecule has 2 atom stereocenters. The van der Waals surface area contributed by atoms with Crippen molar-refractivity contribution in [3.63, 3.8) is 0 Å². The van der Waals surface area contributed by atoms with Crippen molar-refractivity contribution in [2.75, 3.05) is 6.61 Å². The van der Waals surface area contributed by atoms with Gasteiger partial charge in [-0.25, -0.2) is 0 Å². The first-order valence-electron chi connectivity index (χ1n) is 6.31. The Bertz CT molecular complexity index is 589. The number of carbonyl (C=O) groups excluding carboxylic acids is 1. The van der Waals surface area contributed by atoms with Crippen molar-refractivity contribution in [1.82, 2.24) is 4.98 Å². The number of aromatic nitrogens is 1. The highest BCUT2D eigenvalue weighted by Gasteiger charge is 2.46. The molecule has 0 saturated heterocycles. The van der Waals surface area contributed by atoms with E-state index in [1.165, 1.54) is 5.39 Å². The summed E-state index contributed by atoms with van der Waals surface area (Å²) in [5, 5.41) is 2.33. The molecule has 0 N–H and O–H groups in total. The second kappa shape index (κ2) is 4.41. The highest BCUT2D eigenvalue weighted by atomic mass is 16.5. The van der Waals surface area contributed by atoms with Gasteiger partial charge < -0.3 is 4.74 Å². The van der Waals surface area contributed by atoms with Crippen molar-refractivity contribution >= 4 is 16.7 Å². The zero-order valence-electron chi connectivity index (χ0n) is 10.3.